The molecule has 0 saturated heterocycles. The van der Waals surface area contributed by atoms with Gasteiger partial charge in [-0.3, -0.25) is 4.79 Å². The van der Waals surface area contributed by atoms with Crippen molar-refractivity contribution in [1.82, 2.24) is 4.90 Å². The Labute approximate surface area is 132 Å². The molecule has 1 amide bonds. The van der Waals surface area contributed by atoms with Crippen LogP contribution < -0.4 is 0 Å². The van der Waals surface area contributed by atoms with Gasteiger partial charge >= 0.3 is 0 Å². The highest BCUT2D eigenvalue weighted by atomic mass is 19.1. The van der Waals surface area contributed by atoms with Gasteiger partial charge in [-0.1, -0.05) is 6.04 Å². The van der Waals surface area contributed by atoms with E-state index in [4.69, 9.17) is 7.79 Å². The van der Waals surface area contributed by atoms with Crippen molar-refractivity contribution in [2.24, 2.45) is 0 Å². The molecule has 23 heavy (non-hydrogen) atoms. The second kappa shape index (κ2) is 5.81. The van der Waals surface area contributed by atoms with Gasteiger partial charge in [-0.2, -0.15) is 0 Å². The zero-order chi connectivity index (χ0) is 17.4. The average Bonchev–Trinajstić information content (AvgIpc) is 2.85. The molecule has 1 unspecified atom stereocenters. The van der Waals surface area contributed by atoms with Gasteiger partial charge in [0.15, 0.2) is 0 Å². The molecule has 5 heteroatoms. The van der Waals surface area contributed by atoms with Crippen molar-refractivity contribution < 1.29 is 19.3 Å². The van der Waals surface area contributed by atoms with Gasteiger partial charge in [0.25, 0.3) is 5.91 Å². The second-order valence-corrected chi connectivity index (χ2v) is 5.22. The van der Waals surface area contributed by atoms with Crippen LogP contribution in [0.5, 0.6) is 0 Å². The van der Waals surface area contributed by atoms with Crippen molar-refractivity contribution in [3.63, 3.8) is 0 Å². The third kappa shape index (κ3) is 2.57. The summed E-state index contributed by atoms with van der Waals surface area (Å²) in [6.07, 6.45) is 5.27. The van der Waals surface area contributed by atoms with Crippen LogP contribution >= 0.6 is 0 Å². The van der Waals surface area contributed by atoms with Crippen LogP contribution in [-0.2, 0) is 6.54 Å². The maximum atomic E-state index is 14.1. The summed E-state index contributed by atoms with van der Waals surface area (Å²) in [6.45, 7) is -0.109. The molecule has 2 aromatic carbocycles. The SMILES string of the molecule is [2H]c1cc(F)c2c(c1)C(=O)N(C(CC#C)c1cc(F)ccc1F)C2. The minimum absolute atomic E-state index is 0.0462. The smallest absolute Gasteiger partial charge is 0.255 e. The molecule has 1 atom stereocenters. The normalized spacial score (nSPS) is 15.1. The van der Waals surface area contributed by atoms with E-state index in [0.717, 1.165) is 24.3 Å². The highest BCUT2D eigenvalue weighted by Crippen LogP contribution is 2.35. The van der Waals surface area contributed by atoms with E-state index in [1.54, 1.807) is 0 Å². The predicted octanol–water partition coefficient (Wildman–Crippen LogP) is 3.82. The summed E-state index contributed by atoms with van der Waals surface area (Å²) in [4.78, 5) is 13.8. The number of amides is 1. The van der Waals surface area contributed by atoms with Gasteiger partial charge in [0, 0.05) is 23.1 Å². The minimum Gasteiger partial charge on any atom is -0.326 e. The number of hydrogen-bond donors (Lipinski definition) is 0. The lowest BCUT2D eigenvalue weighted by Gasteiger charge is -2.27. The fourth-order valence-electron chi connectivity index (χ4n) is 2.77. The number of carbonyl (C=O) groups is 1. The summed E-state index contributed by atoms with van der Waals surface area (Å²) < 4.78 is 49.2. The molecule has 1 aliphatic heterocycles. The van der Waals surface area contributed by atoms with Crippen LogP contribution in [0, 0.1) is 29.8 Å². The highest BCUT2D eigenvalue weighted by molar-refractivity contribution is 5.98. The molecule has 0 saturated carbocycles. The van der Waals surface area contributed by atoms with Crippen LogP contribution in [0.25, 0.3) is 0 Å². The zero-order valence-electron chi connectivity index (χ0n) is 12.9. The molecule has 0 radical (unpaired) electrons. The number of carbonyl (C=O) groups excluding carboxylic acids is 1. The Morgan fingerprint density at radius 1 is 1.26 bits per heavy atom. The highest BCUT2D eigenvalue weighted by Gasteiger charge is 2.35. The van der Waals surface area contributed by atoms with Crippen molar-refractivity contribution in [2.75, 3.05) is 0 Å². The number of fused-ring (bicyclic) bond motifs is 1. The van der Waals surface area contributed by atoms with Gasteiger partial charge in [0.2, 0.25) is 0 Å². The van der Waals surface area contributed by atoms with Gasteiger partial charge in [-0.15, -0.1) is 12.3 Å². The molecule has 0 aliphatic carbocycles. The molecule has 0 N–H and O–H groups in total. The number of nitrogens with zero attached hydrogens (tertiary/aromatic N) is 1. The van der Waals surface area contributed by atoms with Crippen molar-refractivity contribution in [3.05, 3.63) is 70.5 Å². The van der Waals surface area contributed by atoms with E-state index < -0.39 is 29.4 Å². The van der Waals surface area contributed by atoms with E-state index in [9.17, 15) is 18.0 Å². The lowest BCUT2D eigenvalue weighted by molar-refractivity contribution is 0.0700. The second-order valence-electron chi connectivity index (χ2n) is 5.22. The minimum atomic E-state index is -0.917. The number of halogens is 3. The number of terminal acetylenes is 1. The fraction of sp³-hybridized carbons (Fsp3) is 0.167. The zero-order valence-corrected chi connectivity index (χ0v) is 11.9. The van der Waals surface area contributed by atoms with Gasteiger partial charge in [-0.25, -0.2) is 13.2 Å². The van der Waals surface area contributed by atoms with Crippen LogP contribution in [0.15, 0.2) is 36.4 Å². The van der Waals surface area contributed by atoms with Crippen molar-refractivity contribution in [3.8, 4) is 12.3 Å². The summed E-state index contributed by atoms with van der Waals surface area (Å²) in [5.41, 5.74) is 0.134. The molecule has 2 aromatic rings. The summed E-state index contributed by atoms with van der Waals surface area (Å²) in [7, 11) is 0. The standard InChI is InChI=1S/C18H12F3NO/c1-2-4-17(13-9-11(19)7-8-16(13)21)22-10-14-12(18(22)23)5-3-6-15(14)20/h1,3,5-9,17H,4,10H2/i3D. The molecule has 1 heterocycles. The Balaban J connectivity index is 2.06. The van der Waals surface area contributed by atoms with E-state index in [0.29, 0.717) is 0 Å². The number of benzene rings is 2. The first-order chi connectivity index (χ1) is 11.4. The predicted molar refractivity (Wildman–Crippen MR) is 78.8 cm³/mol. The third-order valence-corrected chi connectivity index (χ3v) is 3.88. The number of hydrogen-bond acceptors (Lipinski definition) is 1. The fourth-order valence-corrected chi connectivity index (χ4v) is 2.77. The molecule has 0 bridgehead atoms. The van der Waals surface area contributed by atoms with Gasteiger partial charge < -0.3 is 4.90 Å². The summed E-state index contributed by atoms with van der Waals surface area (Å²) in [6, 6.07) is 4.14. The Bertz CT molecular complexity index is 875. The topological polar surface area (TPSA) is 20.3 Å². The lowest BCUT2D eigenvalue weighted by Crippen LogP contribution is -2.29. The van der Waals surface area contributed by atoms with Crippen LogP contribution in [0.2, 0.25) is 0 Å². The molecular weight excluding hydrogens is 303 g/mol. The lowest BCUT2D eigenvalue weighted by atomic mass is 10.0. The largest absolute Gasteiger partial charge is 0.326 e. The molecular formula is C18H12F3NO. The number of rotatable bonds is 3. The van der Waals surface area contributed by atoms with E-state index in [1.807, 2.05) is 0 Å². The molecule has 1 aliphatic rings. The average molecular weight is 316 g/mol. The molecule has 3 rings (SSSR count). The Morgan fingerprint density at radius 3 is 2.78 bits per heavy atom. The van der Waals surface area contributed by atoms with Gasteiger partial charge in [0.1, 0.15) is 17.5 Å². The first-order valence-electron chi connectivity index (χ1n) is 7.40. The van der Waals surface area contributed by atoms with E-state index in [-0.39, 0.29) is 35.7 Å². The van der Waals surface area contributed by atoms with E-state index in [2.05, 4.69) is 5.92 Å². The molecule has 0 spiro atoms. The maximum absolute atomic E-state index is 14.1. The van der Waals surface area contributed by atoms with Crippen LogP contribution in [0.3, 0.4) is 0 Å². The third-order valence-electron chi connectivity index (χ3n) is 3.88. The quantitative estimate of drug-likeness (QED) is 0.788. The van der Waals surface area contributed by atoms with Crippen molar-refractivity contribution in [1.29, 1.82) is 0 Å². The van der Waals surface area contributed by atoms with Crippen molar-refractivity contribution >= 4 is 5.91 Å². The summed E-state index contributed by atoms with van der Waals surface area (Å²) in [5, 5.41) is 0. The Kier molecular flexibility index (Phi) is 3.51. The Morgan fingerprint density at radius 2 is 2.04 bits per heavy atom. The van der Waals surface area contributed by atoms with Crippen LogP contribution in [0.1, 0.15) is 35.3 Å². The first-order valence-corrected chi connectivity index (χ1v) is 6.90. The summed E-state index contributed by atoms with van der Waals surface area (Å²) >= 11 is 0. The Hall–Kier alpha value is -2.74. The van der Waals surface area contributed by atoms with E-state index >= 15 is 0 Å². The van der Waals surface area contributed by atoms with Gasteiger partial charge in [-0.05, 0) is 30.3 Å². The van der Waals surface area contributed by atoms with Gasteiger partial charge in [0.05, 0.1) is 14.0 Å². The summed E-state index contributed by atoms with van der Waals surface area (Å²) in [5.74, 6) is -0.226. The van der Waals surface area contributed by atoms with Crippen LogP contribution in [-0.4, -0.2) is 10.8 Å². The van der Waals surface area contributed by atoms with Crippen LogP contribution in [0.4, 0.5) is 13.2 Å². The first kappa shape index (κ1) is 13.9. The molecule has 2 nitrogen and oxygen atoms in total. The van der Waals surface area contributed by atoms with Crippen molar-refractivity contribution in [2.45, 2.75) is 19.0 Å². The monoisotopic (exact) mass is 316 g/mol. The van der Waals surface area contributed by atoms with E-state index in [1.165, 1.54) is 11.0 Å². The molecule has 0 aromatic heterocycles. The molecule has 116 valence electrons. The maximum Gasteiger partial charge on any atom is 0.255 e. The molecule has 0 fully saturated rings.